The van der Waals surface area contributed by atoms with Crippen molar-refractivity contribution in [2.24, 2.45) is 0 Å². The number of sulfonamides is 1. The molecule has 1 unspecified atom stereocenters. The van der Waals surface area contributed by atoms with Crippen LogP contribution in [0.1, 0.15) is 18.1 Å². The van der Waals surface area contributed by atoms with E-state index in [1.807, 2.05) is 31.2 Å². The minimum atomic E-state index is -3.63. The molecule has 5 nitrogen and oxygen atoms in total. The van der Waals surface area contributed by atoms with E-state index < -0.39 is 10.0 Å². The van der Waals surface area contributed by atoms with E-state index in [-0.39, 0.29) is 4.90 Å². The summed E-state index contributed by atoms with van der Waals surface area (Å²) in [5.41, 5.74) is 3.80. The Morgan fingerprint density at radius 2 is 1.89 bits per heavy atom. The zero-order chi connectivity index (χ0) is 19.0. The molecule has 4 rings (SSSR count). The SMILES string of the molecule is Cc1cccc(S(=O)(=O)Nc2ccc(N3c4ccccc4CC3C)nc2)c1. The Bertz CT molecular complexity index is 1080. The highest BCUT2D eigenvalue weighted by Crippen LogP contribution is 2.37. The summed E-state index contributed by atoms with van der Waals surface area (Å²) in [5.74, 6) is 0.811. The largest absolute Gasteiger partial charge is 0.323 e. The van der Waals surface area contributed by atoms with Crippen LogP contribution in [0.15, 0.2) is 71.8 Å². The van der Waals surface area contributed by atoms with Crippen molar-refractivity contribution in [2.45, 2.75) is 31.2 Å². The molecule has 6 heteroatoms. The van der Waals surface area contributed by atoms with Crippen molar-refractivity contribution in [1.29, 1.82) is 0 Å². The third-order valence-corrected chi connectivity index (χ3v) is 6.13. The quantitative estimate of drug-likeness (QED) is 0.735. The average Bonchev–Trinajstić information content (AvgIpc) is 2.98. The number of hydrogen-bond donors (Lipinski definition) is 1. The van der Waals surface area contributed by atoms with E-state index >= 15 is 0 Å². The van der Waals surface area contributed by atoms with Gasteiger partial charge in [0.15, 0.2) is 0 Å². The molecule has 1 aliphatic heterocycles. The molecule has 0 amide bonds. The first-order valence-corrected chi connectivity index (χ1v) is 10.3. The predicted octanol–water partition coefficient (Wildman–Crippen LogP) is 4.27. The number of nitrogens with zero attached hydrogens (tertiary/aromatic N) is 2. The number of aromatic nitrogens is 1. The minimum Gasteiger partial charge on any atom is -0.323 e. The van der Waals surface area contributed by atoms with Crippen molar-refractivity contribution in [3.63, 3.8) is 0 Å². The number of anilines is 3. The summed E-state index contributed by atoms with van der Waals surface area (Å²) in [6, 6.07) is 19.0. The number of nitrogens with one attached hydrogen (secondary N) is 1. The maximum Gasteiger partial charge on any atom is 0.261 e. The first-order chi connectivity index (χ1) is 12.9. The molecule has 0 aliphatic carbocycles. The third-order valence-electron chi connectivity index (χ3n) is 4.75. The Kier molecular flexibility index (Phi) is 4.36. The minimum absolute atomic E-state index is 0.244. The molecule has 0 fully saturated rings. The van der Waals surface area contributed by atoms with Gasteiger partial charge in [-0.1, -0.05) is 30.3 Å². The second-order valence-corrected chi connectivity index (χ2v) is 8.56. The first kappa shape index (κ1) is 17.5. The van der Waals surface area contributed by atoms with Gasteiger partial charge in [-0.2, -0.15) is 0 Å². The van der Waals surface area contributed by atoms with Crippen molar-refractivity contribution in [3.05, 3.63) is 78.0 Å². The van der Waals surface area contributed by atoms with E-state index in [0.717, 1.165) is 23.5 Å². The van der Waals surface area contributed by atoms with Crippen LogP contribution in [0.25, 0.3) is 0 Å². The summed E-state index contributed by atoms with van der Waals surface area (Å²) in [6.45, 7) is 4.03. The van der Waals surface area contributed by atoms with Crippen LogP contribution in [0.4, 0.5) is 17.2 Å². The van der Waals surface area contributed by atoms with Crippen molar-refractivity contribution < 1.29 is 8.42 Å². The lowest BCUT2D eigenvalue weighted by Gasteiger charge is -2.24. The summed E-state index contributed by atoms with van der Waals surface area (Å²) in [5, 5.41) is 0. The summed E-state index contributed by atoms with van der Waals surface area (Å²) >= 11 is 0. The van der Waals surface area contributed by atoms with E-state index in [2.05, 4.69) is 33.7 Å². The van der Waals surface area contributed by atoms with E-state index in [1.54, 1.807) is 30.5 Å². The number of para-hydroxylation sites is 1. The molecule has 2 heterocycles. The van der Waals surface area contributed by atoms with Gasteiger partial charge in [0, 0.05) is 11.7 Å². The average molecular weight is 379 g/mol. The molecule has 0 radical (unpaired) electrons. The molecule has 1 aliphatic rings. The van der Waals surface area contributed by atoms with Crippen molar-refractivity contribution in [1.82, 2.24) is 4.98 Å². The lowest BCUT2D eigenvalue weighted by atomic mass is 10.1. The van der Waals surface area contributed by atoms with Gasteiger partial charge < -0.3 is 4.90 Å². The molecule has 138 valence electrons. The van der Waals surface area contributed by atoms with Gasteiger partial charge in [0.05, 0.1) is 16.8 Å². The number of hydrogen-bond acceptors (Lipinski definition) is 4. The molecular weight excluding hydrogens is 358 g/mol. The van der Waals surface area contributed by atoms with Gasteiger partial charge in [-0.3, -0.25) is 4.72 Å². The van der Waals surface area contributed by atoms with Gasteiger partial charge in [-0.15, -0.1) is 0 Å². The smallest absolute Gasteiger partial charge is 0.261 e. The third kappa shape index (κ3) is 3.40. The molecule has 27 heavy (non-hydrogen) atoms. The van der Waals surface area contributed by atoms with Gasteiger partial charge in [-0.05, 0) is 61.7 Å². The van der Waals surface area contributed by atoms with Gasteiger partial charge in [-0.25, -0.2) is 13.4 Å². The van der Waals surface area contributed by atoms with Crippen LogP contribution in [0, 0.1) is 6.92 Å². The van der Waals surface area contributed by atoms with Crippen LogP contribution in [-0.4, -0.2) is 19.4 Å². The molecule has 0 spiro atoms. The van der Waals surface area contributed by atoms with Crippen LogP contribution in [0.2, 0.25) is 0 Å². The molecule has 0 bridgehead atoms. The Labute approximate surface area is 159 Å². The Balaban J connectivity index is 1.58. The maximum atomic E-state index is 12.6. The summed E-state index contributed by atoms with van der Waals surface area (Å²) in [7, 11) is -3.63. The second kappa shape index (κ2) is 6.70. The Morgan fingerprint density at radius 1 is 1.07 bits per heavy atom. The molecule has 3 aromatic rings. The molecule has 1 aromatic heterocycles. The molecule has 0 saturated heterocycles. The predicted molar refractivity (Wildman–Crippen MR) is 108 cm³/mol. The fourth-order valence-electron chi connectivity index (χ4n) is 3.50. The highest BCUT2D eigenvalue weighted by Gasteiger charge is 2.27. The van der Waals surface area contributed by atoms with E-state index in [4.69, 9.17) is 0 Å². The zero-order valence-electron chi connectivity index (χ0n) is 15.3. The van der Waals surface area contributed by atoms with Crippen LogP contribution in [0.3, 0.4) is 0 Å². The number of aryl methyl sites for hydroxylation is 1. The fraction of sp³-hybridized carbons (Fsp3) is 0.190. The molecule has 1 N–H and O–H groups in total. The standard InChI is InChI=1S/C21H21N3O2S/c1-15-6-5-8-19(12-15)27(25,26)23-18-10-11-21(22-14-18)24-16(2)13-17-7-3-4-9-20(17)24/h3-12,14,16,23H,13H2,1-2H3. The second-order valence-electron chi connectivity index (χ2n) is 6.88. The summed E-state index contributed by atoms with van der Waals surface area (Å²) < 4.78 is 27.7. The van der Waals surface area contributed by atoms with Gasteiger partial charge in [0.2, 0.25) is 0 Å². The van der Waals surface area contributed by atoms with Gasteiger partial charge >= 0.3 is 0 Å². The van der Waals surface area contributed by atoms with Gasteiger partial charge in [0.1, 0.15) is 5.82 Å². The van der Waals surface area contributed by atoms with Crippen molar-refractivity contribution >= 4 is 27.2 Å². The number of pyridine rings is 1. The number of benzene rings is 2. The van der Waals surface area contributed by atoms with Crippen molar-refractivity contribution in [2.75, 3.05) is 9.62 Å². The number of fused-ring (bicyclic) bond motifs is 1. The topological polar surface area (TPSA) is 62.3 Å². The molecule has 1 atom stereocenters. The Hall–Kier alpha value is -2.86. The van der Waals surface area contributed by atoms with Gasteiger partial charge in [0.25, 0.3) is 10.0 Å². The van der Waals surface area contributed by atoms with Crippen LogP contribution in [0.5, 0.6) is 0 Å². The van der Waals surface area contributed by atoms with E-state index in [9.17, 15) is 8.42 Å². The molecule has 0 saturated carbocycles. The van der Waals surface area contributed by atoms with Crippen molar-refractivity contribution in [3.8, 4) is 0 Å². The Morgan fingerprint density at radius 3 is 2.63 bits per heavy atom. The summed E-state index contributed by atoms with van der Waals surface area (Å²) in [4.78, 5) is 6.94. The van der Waals surface area contributed by atoms with Crippen LogP contribution in [-0.2, 0) is 16.4 Å². The molecular formula is C21H21N3O2S. The number of rotatable bonds is 4. The first-order valence-electron chi connectivity index (χ1n) is 8.87. The highest BCUT2D eigenvalue weighted by molar-refractivity contribution is 7.92. The monoisotopic (exact) mass is 379 g/mol. The van der Waals surface area contributed by atoms with E-state index in [1.165, 1.54) is 5.56 Å². The maximum absolute atomic E-state index is 12.6. The molecule has 2 aromatic carbocycles. The zero-order valence-corrected chi connectivity index (χ0v) is 16.1. The van der Waals surface area contributed by atoms with Crippen LogP contribution >= 0.6 is 0 Å². The highest BCUT2D eigenvalue weighted by atomic mass is 32.2. The normalized spacial score (nSPS) is 16.2. The van der Waals surface area contributed by atoms with E-state index in [0.29, 0.717) is 11.7 Å². The lowest BCUT2D eigenvalue weighted by Crippen LogP contribution is -2.24. The fourth-order valence-corrected chi connectivity index (χ4v) is 4.65. The summed E-state index contributed by atoms with van der Waals surface area (Å²) in [6.07, 6.45) is 2.54. The lowest BCUT2D eigenvalue weighted by molar-refractivity contribution is 0.601. The van der Waals surface area contributed by atoms with Crippen LogP contribution < -0.4 is 9.62 Å².